The molecule has 1 N–H and O–H groups in total. The monoisotopic (exact) mass is 265 g/mol. The molecule has 0 aliphatic carbocycles. The van der Waals surface area contributed by atoms with Crippen molar-refractivity contribution in [2.45, 2.75) is 26.8 Å². The van der Waals surface area contributed by atoms with Gasteiger partial charge < -0.3 is 10.0 Å². The maximum atomic E-state index is 11.8. The third kappa shape index (κ3) is 3.21. The number of hydrogen-bond donors (Lipinski definition) is 1. The van der Waals surface area contributed by atoms with E-state index in [0.717, 1.165) is 17.0 Å². The Kier molecular flexibility index (Phi) is 4.47. The van der Waals surface area contributed by atoms with Crippen LogP contribution in [-0.4, -0.2) is 44.8 Å². The van der Waals surface area contributed by atoms with Crippen LogP contribution in [0, 0.1) is 13.8 Å². The Balaban J connectivity index is 2.87. The summed E-state index contributed by atoms with van der Waals surface area (Å²) in [5, 5.41) is 13.1. The fraction of sp³-hybridized carbons (Fsp3) is 0.462. The molecule has 0 saturated carbocycles. The molecule has 0 spiro atoms. The van der Waals surface area contributed by atoms with Gasteiger partial charge in [0.05, 0.1) is 5.69 Å². The Bertz CT molecular complexity index is 531. The van der Waals surface area contributed by atoms with Crippen LogP contribution in [0.4, 0.5) is 0 Å². The van der Waals surface area contributed by atoms with Gasteiger partial charge in [-0.15, -0.1) is 0 Å². The number of carboxylic acid groups (broad SMARTS) is 1. The van der Waals surface area contributed by atoms with Gasteiger partial charge in [0.1, 0.15) is 6.04 Å². The van der Waals surface area contributed by atoms with E-state index >= 15 is 0 Å². The number of aromatic nitrogens is 2. The molecule has 1 amide bonds. The van der Waals surface area contributed by atoms with Crippen molar-refractivity contribution in [1.82, 2.24) is 14.7 Å². The molecular weight excluding hydrogens is 246 g/mol. The second-order valence-electron chi connectivity index (χ2n) is 4.50. The largest absolute Gasteiger partial charge is 0.480 e. The van der Waals surface area contributed by atoms with Crippen molar-refractivity contribution in [3.63, 3.8) is 0 Å². The Labute approximate surface area is 112 Å². The van der Waals surface area contributed by atoms with Gasteiger partial charge >= 0.3 is 5.97 Å². The van der Waals surface area contributed by atoms with Crippen molar-refractivity contribution < 1.29 is 14.7 Å². The topological polar surface area (TPSA) is 75.4 Å². The van der Waals surface area contributed by atoms with Crippen LogP contribution in [0.1, 0.15) is 23.9 Å². The number of amides is 1. The Hall–Kier alpha value is -2.11. The molecule has 104 valence electrons. The summed E-state index contributed by atoms with van der Waals surface area (Å²) in [6, 6.07) is -0.853. The number of carboxylic acids is 1. The smallest absolute Gasteiger partial charge is 0.326 e. The summed E-state index contributed by atoms with van der Waals surface area (Å²) < 4.78 is 1.74. The van der Waals surface area contributed by atoms with E-state index in [9.17, 15) is 9.59 Å². The van der Waals surface area contributed by atoms with Gasteiger partial charge in [-0.1, -0.05) is 0 Å². The predicted molar refractivity (Wildman–Crippen MR) is 71.6 cm³/mol. The number of aliphatic carboxylic acids is 1. The van der Waals surface area contributed by atoms with Gasteiger partial charge in [0, 0.05) is 31.4 Å². The zero-order valence-corrected chi connectivity index (χ0v) is 11.8. The minimum absolute atomic E-state index is 0.349. The molecule has 1 atom stereocenters. The SMILES string of the molecule is Cc1nn(C)c(C)c1C=CC(=O)N(C)C(C)C(=O)O. The highest BCUT2D eigenvalue weighted by Gasteiger charge is 2.19. The van der Waals surface area contributed by atoms with E-state index in [1.54, 1.807) is 10.8 Å². The number of hydrogen-bond acceptors (Lipinski definition) is 3. The van der Waals surface area contributed by atoms with E-state index in [1.165, 1.54) is 24.9 Å². The standard InChI is InChI=1S/C13H19N3O3/c1-8-11(9(2)16(5)14-8)6-7-12(17)15(4)10(3)13(18)19/h6-7,10H,1-5H3,(H,18,19). The lowest BCUT2D eigenvalue weighted by Crippen LogP contribution is -2.39. The van der Waals surface area contributed by atoms with Crippen LogP contribution >= 0.6 is 0 Å². The van der Waals surface area contributed by atoms with E-state index in [0.29, 0.717) is 0 Å². The van der Waals surface area contributed by atoms with E-state index in [1.807, 2.05) is 20.9 Å². The molecule has 0 radical (unpaired) electrons. The first-order valence-corrected chi connectivity index (χ1v) is 5.93. The molecule has 6 heteroatoms. The molecular formula is C13H19N3O3. The molecule has 0 saturated heterocycles. The Morgan fingerprint density at radius 3 is 2.42 bits per heavy atom. The molecule has 0 aliphatic rings. The minimum Gasteiger partial charge on any atom is -0.480 e. The normalized spacial score (nSPS) is 12.7. The number of carbonyl (C=O) groups excluding carboxylic acids is 1. The highest BCUT2D eigenvalue weighted by atomic mass is 16.4. The summed E-state index contributed by atoms with van der Waals surface area (Å²) in [5.74, 6) is -1.38. The minimum atomic E-state index is -1.03. The highest BCUT2D eigenvalue weighted by molar-refractivity contribution is 5.94. The average Bonchev–Trinajstić information content (AvgIpc) is 2.59. The summed E-state index contributed by atoms with van der Waals surface area (Å²) >= 11 is 0. The summed E-state index contributed by atoms with van der Waals surface area (Å²) in [4.78, 5) is 23.8. The van der Waals surface area contributed by atoms with Gasteiger partial charge in [0.25, 0.3) is 0 Å². The average molecular weight is 265 g/mol. The molecule has 0 fully saturated rings. The highest BCUT2D eigenvalue weighted by Crippen LogP contribution is 2.13. The van der Waals surface area contributed by atoms with Gasteiger partial charge in [-0.25, -0.2) is 4.79 Å². The molecule has 0 bridgehead atoms. The zero-order valence-electron chi connectivity index (χ0n) is 11.8. The van der Waals surface area contributed by atoms with E-state index in [4.69, 9.17) is 5.11 Å². The molecule has 1 aromatic heterocycles. The quantitative estimate of drug-likeness (QED) is 0.823. The predicted octanol–water partition coefficient (Wildman–Crippen LogP) is 0.982. The van der Waals surface area contributed by atoms with Crippen LogP contribution in [-0.2, 0) is 16.6 Å². The summed E-state index contributed by atoms with van der Waals surface area (Å²) in [6.07, 6.45) is 3.04. The van der Waals surface area contributed by atoms with Crippen LogP contribution in [0.3, 0.4) is 0 Å². The Morgan fingerprint density at radius 1 is 1.42 bits per heavy atom. The van der Waals surface area contributed by atoms with Crippen molar-refractivity contribution in [2.24, 2.45) is 7.05 Å². The molecule has 1 heterocycles. The maximum Gasteiger partial charge on any atom is 0.326 e. The lowest BCUT2D eigenvalue weighted by molar-refractivity contribution is -0.146. The van der Waals surface area contributed by atoms with Crippen LogP contribution < -0.4 is 0 Å². The molecule has 19 heavy (non-hydrogen) atoms. The van der Waals surface area contributed by atoms with Gasteiger partial charge in [-0.2, -0.15) is 5.10 Å². The number of likely N-dealkylation sites (N-methyl/N-ethyl adjacent to an activating group) is 1. The zero-order chi connectivity index (χ0) is 14.7. The third-order valence-corrected chi connectivity index (χ3v) is 3.24. The lowest BCUT2D eigenvalue weighted by atomic mass is 10.2. The van der Waals surface area contributed by atoms with E-state index in [2.05, 4.69) is 5.10 Å². The van der Waals surface area contributed by atoms with Crippen LogP contribution in [0.5, 0.6) is 0 Å². The molecule has 1 aromatic rings. The van der Waals surface area contributed by atoms with Crippen molar-refractivity contribution in [1.29, 1.82) is 0 Å². The Morgan fingerprint density at radius 2 is 2.00 bits per heavy atom. The van der Waals surface area contributed by atoms with Crippen molar-refractivity contribution in [3.05, 3.63) is 23.0 Å². The van der Waals surface area contributed by atoms with Crippen LogP contribution in [0.15, 0.2) is 6.08 Å². The van der Waals surface area contributed by atoms with Gasteiger partial charge in [0.15, 0.2) is 0 Å². The van der Waals surface area contributed by atoms with E-state index < -0.39 is 12.0 Å². The number of carbonyl (C=O) groups is 2. The molecule has 0 aliphatic heterocycles. The van der Waals surface area contributed by atoms with Gasteiger partial charge in [0.2, 0.25) is 5.91 Å². The van der Waals surface area contributed by atoms with Crippen LogP contribution in [0.25, 0.3) is 6.08 Å². The molecule has 1 unspecified atom stereocenters. The van der Waals surface area contributed by atoms with Crippen molar-refractivity contribution in [2.75, 3.05) is 7.05 Å². The number of rotatable bonds is 4. The molecule has 0 aromatic carbocycles. The second kappa shape index (κ2) is 5.69. The fourth-order valence-corrected chi connectivity index (χ4v) is 1.66. The summed E-state index contributed by atoms with van der Waals surface area (Å²) in [5.41, 5.74) is 2.67. The second-order valence-corrected chi connectivity index (χ2v) is 4.50. The van der Waals surface area contributed by atoms with E-state index in [-0.39, 0.29) is 5.91 Å². The number of aryl methyl sites for hydroxylation is 2. The van der Waals surface area contributed by atoms with Crippen molar-refractivity contribution in [3.8, 4) is 0 Å². The number of nitrogens with zero attached hydrogens (tertiary/aromatic N) is 3. The molecule has 6 nitrogen and oxygen atoms in total. The fourth-order valence-electron chi connectivity index (χ4n) is 1.66. The van der Waals surface area contributed by atoms with Gasteiger partial charge in [-0.05, 0) is 26.8 Å². The summed E-state index contributed by atoms with van der Waals surface area (Å²) in [6.45, 7) is 5.24. The van der Waals surface area contributed by atoms with Crippen molar-refractivity contribution >= 4 is 18.0 Å². The first-order valence-electron chi connectivity index (χ1n) is 5.93. The molecule has 1 rings (SSSR count). The first-order chi connectivity index (χ1) is 8.75. The van der Waals surface area contributed by atoms with Gasteiger partial charge in [-0.3, -0.25) is 9.48 Å². The maximum absolute atomic E-state index is 11.8. The third-order valence-electron chi connectivity index (χ3n) is 3.24. The van der Waals surface area contributed by atoms with Crippen LogP contribution in [0.2, 0.25) is 0 Å². The summed E-state index contributed by atoms with van der Waals surface area (Å²) in [7, 11) is 3.30. The first kappa shape index (κ1) is 14.9. The lowest BCUT2D eigenvalue weighted by Gasteiger charge is -2.19.